The Labute approximate surface area is 99.1 Å². The van der Waals surface area contributed by atoms with E-state index in [0.717, 1.165) is 23.2 Å². The maximum Gasteiger partial charge on any atom is 0.0748 e. The van der Waals surface area contributed by atoms with Crippen molar-refractivity contribution in [3.63, 3.8) is 0 Å². The molecule has 1 aromatic rings. The van der Waals surface area contributed by atoms with Crippen molar-refractivity contribution in [3.05, 3.63) is 28.2 Å². The Morgan fingerprint density at radius 2 is 2.27 bits per heavy atom. The van der Waals surface area contributed by atoms with E-state index in [4.69, 9.17) is 4.74 Å². The van der Waals surface area contributed by atoms with Gasteiger partial charge in [-0.1, -0.05) is 6.07 Å². The van der Waals surface area contributed by atoms with Crippen LogP contribution in [-0.2, 0) is 4.74 Å². The van der Waals surface area contributed by atoms with E-state index in [2.05, 4.69) is 53.3 Å². The number of hydrogen-bond donors (Lipinski definition) is 1. The molecule has 3 heteroatoms. The van der Waals surface area contributed by atoms with Crippen LogP contribution in [0.15, 0.2) is 22.7 Å². The Morgan fingerprint density at radius 3 is 2.87 bits per heavy atom. The zero-order chi connectivity index (χ0) is 10.8. The van der Waals surface area contributed by atoms with Gasteiger partial charge < -0.3 is 10.1 Å². The summed E-state index contributed by atoms with van der Waals surface area (Å²) >= 11 is 3.57. The molecule has 2 atom stereocenters. The van der Waals surface area contributed by atoms with Gasteiger partial charge in [0.2, 0.25) is 0 Å². The smallest absolute Gasteiger partial charge is 0.0748 e. The van der Waals surface area contributed by atoms with Crippen LogP contribution in [0.3, 0.4) is 0 Å². The number of benzene rings is 1. The highest BCUT2D eigenvalue weighted by Gasteiger charge is 2.24. The molecule has 1 aliphatic heterocycles. The molecule has 0 aromatic heterocycles. The molecule has 1 fully saturated rings. The fourth-order valence-electron chi connectivity index (χ4n) is 1.86. The summed E-state index contributed by atoms with van der Waals surface area (Å²) < 4.78 is 6.65. The molecule has 0 unspecified atom stereocenters. The third kappa shape index (κ3) is 2.52. The Kier molecular flexibility index (Phi) is 3.32. The van der Waals surface area contributed by atoms with Crippen molar-refractivity contribution in [2.24, 2.45) is 0 Å². The van der Waals surface area contributed by atoms with Crippen molar-refractivity contribution in [3.8, 4) is 0 Å². The lowest BCUT2D eigenvalue weighted by Crippen LogP contribution is -2.26. The van der Waals surface area contributed by atoms with Gasteiger partial charge in [0.1, 0.15) is 0 Å². The lowest BCUT2D eigenvalue weighted by Gasteiger charge is -2.18. The zero-order valence-electron chi connectivity index (χ0n) is 9.09. The van der Waals surface area contributed by atoms with Gasteiger partial charge in [-0.15, -0.1) is 0 Å². The molecule has 1 aliphatic rings. The van der Waals surface area contributed by atoms with E-state index in [1.165, 1.54) is 5.56 Å². The summed E-state index contributed by atoms with van der Waals surface area (Å²) in [7, 11) is 0. The third-order valence-corrected chi connectivity index (χ3v) is 3.50. The summed E-state index contributed by atoms with van der Waals surface area (Å²) in [5, 5.41) is 3.51. The average Bonchev–Trinajstić information content (AvgIpc) is 2.57. The molecule has 82 valence electrons. The van der Waals surface area contributed by atoms with Crippen molar-refractivity contribution >= 4 is 21.6 Å². The van der Waals surface area contributed by atoms with E-state index in [1.807, 2.05) is 0 Å². The molecule has 1 saturated heterocycles. The summed E-state index contributed by atoms with van der Waals surface area (Å²) in [6, 6.07) is 6.80. The molecule has 15 heavy (non-hydrogen) atoms. The molecule has 0 bridgehead atoms. The fraction of sp³-hybridized carbons (Fsp3) is 0.500. The van der Waals surface area contributed by atoms with Crippen LogP contribution in [0.5, 0.6) is 0 Å². The Bertz CT molecular complexity index is 353. The van der Waals surface area contributed by atoms with Crippen LogP contribution >= 0.6 is 15.9 Å². The Balaban J connectivity index is 2.10. The van der Waals surface area contributed by atoms with E-state index in [-0.39, 0.29) is 0 Å². The first kappa shape index (κ1) is 11.0. The fourth-order valence-corrected chi connectivity index (χ4v) is 2.47. The van der Waals surface area contributed by atoms with Gasteiger partial charge in [0.05, 0.1) is 12.1 Å². The first-order valence-corrected chi connectivity index (χ1v) is 6.10. The summed E-state index contributed by atoms with van der Waals surface area (Å²) in [4.78, 5) is 0. The second kappa shape index (κ2) is 4.54. The highest BCUT2D eigenvalue weighted by Crippen LogP contribution is 2.26. The molecule has 0 spiro atoms. The molecular formula is C12H16BrNO. The van der Waals surface area contributed by atoms with Gasteiger partial charge in [-0.3, -0.25) is 0 Å². The number of nitrogens with one attached hydrogen (secondary N) is 1. The van der Waals surface area contributed by atoms with Gasteiger partial charge in [-0.25, -0.2) is 0 Å². The van der Waals surface area contributed by atoms with Crippen molar-refractivity contribution in [1.29, 1.82) is 0 Å². The molecular weight excluding hydrogens is 254 g/mol. The number of aryl methyl sites for hydroxylation is 1. The van der Waals surface area contributed by atoms with Crippen molar-refractivity contribution in [2.75, 3.05) is 11.9 Å². The van der Waals surface area contributed by atoms with Gasteiger partial charge in [0.25, 0.3) is 0 Å². The molecule has 0 saturated carbocycles. The topological polar surface area (TPSA) is 21.3 Å². The molecule has 0 radical (unpaired) electrons. The molecule has 0 aliphatic carbocycles. The number of ether oxygens (including phenoxy) is 1. The zero-order valence-corrected chi connectivity index (χ0v) is 10.7. The van der Waals surface area contributed by atoms with Crippen molar-refractivity contribution < 1.29 is 4.74 Å². The predicted molar refractivity (Wildman–Crippen MR) is 66.3 cm³/mol. The van der Waals surface area contributed by atoms with Gasteiger partial charge in [0, 0.05) is 16.8 Å². The van der Waals surface area contributed by atoms with Gasteiger partial charge in [-0.05, 0) is 53.9 Å². The van der Waals surface area contributed by atoms with E-state index in [1.54, 1.807) is 0 Å². The number of hydrogen-bond acceptors (Lipinski definition) is 2. The summed E-state index contributed by atoms with van der Waals surface area (Å²) in [5.74, 6) is 0. The number of halogens is 1. The highest BCUT2D eigenvalue weighted by molar-refractivity contribution is 9.10. The normalized spacial score (nSPS) is 25.5. The lowest BCUT2D eigenvalue weighted by molar-refractivity contribution is 0.121. The van der Waals surface area contributed by atoms with Crippen LogP contribution in [0.25, 0.3) is 0 Å². The summed E-state index contributed by atoms with van der Waals surface area (Å²) in [6.45, 7) is 5.07. The van der Waals surface area contributed by atoms with Crippen LogP contribution in [0, 0.1) is 6.92 Å². The molecule has 1 aromatic carbocycles. The maximum atomic E-state index is 5.52. The maximum absolute atomic E-state index is 5.52. The minimum Gasteiger partial charge on any atom is -0.379 e. The second-order valence-corrected chi connectivity index (χ2v) is 4.95. The second-order valence-electron chi connectivity index (χ2n) is 4.10. The van der Waals surface area contributed by atoms with Crippen molar-refractivity contribution in [1.82, 2.24) is 0 Å². The third-order valence-electron chi connectivity index (χ3n) is 2.84. The first-order valence-electron chi connectivity index (χ1n) is 5.31. The number of rotatable bonds is 2. The van der Waals surface area contributed by atoms with Gasteiger partial charge >= 0.3 is 0 Å². The highest BCUT2D eigenvalue weighted by atomic mass is 79.9. The summed E-state index contributed by atoms with van der Waals surface area (Å²) in [5.41, 5.74) is 2.42. The van der Waals surface area contributed by atoms with Crippen LogP contribution in [0.1, 0.15) is 18.9 Å². The predicted octanol–water partition coefficient (Wildman–Crippen LogP) is 3.35. The average molecular weight is 270 g/mol. The van der Waals surface area contributed by atoms with E-state index in [9.17, 15) is 0 Å². The van der Waals surface area contributed by atoms with E-state index >= 15 is 0 Å². The minimum absolute atomic E-state index is 0.304. The van der Waals surface area contributed by atoms with Gasteiger partial charge in [0.15, 0.2) is 0 Å². The lowest BCUT2D eigenvalue weighted by atomic mass is 10.1. The molecule has 0 amide bonds. The van der Waals surface area contributed by atoms with Crippen LogP contribution in [0.2, 0.25) is 0 Å². The molecule has 2 nitrogen and oxygen atoms in total. The van der Waals surface area contributed by atoms with E-state index in [0.29, 0.717) is 12.1 Å². The Hall–Kier alpha value is -0.540. The largest absolute Gasteiger partial charge is 0.379 e. The molecule has 2 rings (SSSR count). The van der Waals surface area contributed by atoms with Crippen LogP contribution in [-0.4, -0.2) is 18.8 Å². The van der Waals surface area contributed by atoms with Gasteiger partial charge in [-0.2, -0.15) is 0 Å². The molecule has 1 heterocycles. The molecule has 1 N–H and O–H groups in total. The minimum atomic E-state index is 0.304. The van der Waals surface area contributed by atoms with Crippen LogP contribution < -0.4 is 5.32 Å². The monoisotopic (exact) mass is 269 g/mol. The standard InChI is InChI=1S/C12H16BrNO/c1-8-3-4-12(10(13)7-8)14-11-5-6-15-9(11)2/h3-4,7,9,11,14H,5-6H2,1-2H3/t9-,11+/m1/s1. The van der Waals surface area contributed by atoms with Crippen molar-refractivity contribution in [2.45, 2.75) is 32.4 Å². The number of anilines is 1. The summed E-state index contributed by atoms with van der Waals surface area (Å²) in [6.07, 6.45) is 1.39. The Morgan fingerprint density at radius 1 is 1.47 bits per heavy atom. The van der Waals surface area contributed by atoms with Crippen LogP contribution in [0.4, 0.5) is 5.69 Å². The first-order chi connectivity index (χ1) is 7.16. The van der Waals surface area contributed by atoms with E-state index < -0.39 is 0 Å². The quantitative estimate of drug-likeness (QED) is 0.889. The SMILES string of the molecule is Cc1ccc(N[C@H]2CCO[C@@H]2C)c(Br)c1.